The summed E-state index contributed by atoms with van der Waals surface area (Å²) in [5.41, 5.74) is 1.57. The van der Waals surface area contributed by atoms with Gasteiger partial charge in [-0.15, -0.1) is 0 Å². The number of hydrogen-bond acceptors (Lipinski definition) is 4. The minimum absolute atomic E-state index is 0.195. The van der Waals surface area contributed by atoms with E-state index < -0.39 is 24.3 Å². The molecule has 1 aliphatic heterocycles. The fourth-order valence-corrected chi connectivity index (χ4v) is 4.09. The third-order valence-corrected chi connectivity index (χ3v) is 6.42. The molecule has 3 N–H and O–H groups in total. The molecule has 1 aliphatic rings. The van der Waals surface area contributed by atoms with Gasteiger partial charge in [0.1, 0.15) is 11.9 Å². The van der Waals surface area contributed by atoms with Crippen LogP contribution in [0, 0.1) is 11.7 Å². The van der Waals surface area contributed by atoms with Crippen molar-refractivity contribution in [3.05, 3.63) is 35.8 Å². The van der Waals surface area contributed by atoms with Crippen LogP contribution in [0.1, 0.15) is 39.2 Å². The van der Waals surface area contributed by atoms with Crippen molar-refractivity contribution in [3.8, 4) is 0 Å². The normalized spacial score (nSPS) is 21.8. The highest BCUT2D eigenvalue weighted by Gasteiger charge is 2.41. The lowest BCUT2D eigenvalue weighted by Crippen LogP contribution is -2.56. The second-order valence-corrected chi connectivity index (χ2v) is 8.40. The van der Waals surface area contributed by atoms with Crippen LogP contribution in [0.4, 0.5) is 4.39 Å². The fraction of sp³-hybridized carbons (Fsp3) is 0.565. The van der Waals surface area contributed by atoms with E-state index in [1.54, 1.807) is 24.1 Å². The number of aromatic nitrogens is 1. The van der Waals surface area contributed by atoms with Gasteiger partial charge >= 0.3 is 0 Å². The van der Waals surface area contributed by atoms with E-state index in [1.165, 1.54) is 19.2 Å². The lowest BCUT2D eigenvalue weighted by atomic mass is 10.00. The first-order chi connectivity index (χ1) is 14.8. The lowest BCUT2D eigenvalue weighted by molar-refractivity contribution is -0.142. The fourth-order valence-electron chi connectivity index (χ4n) is 4.09. The Morgan fingerprint density at radius 3 is 2.81 bits per heavy atom. The van der Waals surface area contributed by atoms with Crippen molar-refractivity contribution < 1.29 is 23.8 Å². The van der Waals surface area contributed by atoms with E-state index >= 15 is 0 Å². The second kappa shape index (κ2) is 9.78. The summed E-state index contributed by atoms with van der Waals surface area (Å²) in [4.78, 5) is 30.6. The van der Waals surface area contributed by atoms with Gasteiger partial charge < -0.3 is 25.0 Å². The molecule has 0 saturated carbocycles. The van der Waals surface area contributed by atoms with Gasteiger partial charge in [-0.2, -0.15) is 0 Å². The zero-order valence-electron chi connectivity index (χ0n) is 18.5. The number of benzene rings is 1. The third kappa shape index (κ3) is 4.91. The summed E-state index contributed by atoms with van der Waals surface area (Å²) in [6.07, 6.45) is 2.14. The minimum atomic E-state index is -0.837. The number of aliphatic hydroxyl groups excluding tert-OH is 1. The molecule has 5 atom stereocenters. The summed E-state index contributed by atoms with van der Waals surface area (Å²) in [6, 6.07) is 3.24. The van der Waals surface area contributed by atoms with Crippen LogP contribution in [0.25, 0.3) is 10.9 Å². The van der Waals surface area contributed by atoms with Gasteiger partial charge in [0.25, 0.3) is 0 Å². The number of hydrogen-bond donors (Lipinski definition) is 3. The lowest BCUT2D eigenvalue weighted by Gasteiger charge is -2.32. The molecule has 2 aromatic rings. The first-order valence-corrected chi connectivity index (χ1v) is 10.8. The Bertz CT molecular complexity index is 931. The van der Waals surface area contributed by atoms with E-state index in [4.69, 9.17) is 4.74 Å². The number of nitrogens with one attached hydrogen (secondary N) is 2. The highest BCUT2D eigenvalue weighted by atomic mass is 19.1. The molecule has 170 valence electrons. The van der Waals surface area contributed by atoms with Crippen LogP contribution in [0.15, 0.2) is 24.4 Å². The van der Waals surface area contributed by atoms with Crippen LogP contribution >= 0.6 is 0 Å². The first kappa shape index (κ1) is 23.2. The average Bonchev–Trinajstić information content (AvgIpc) is 3.33. The van der Waals surface area contributed by atoms with Crippen LogP contribution in [0.5, 0.6) is 0 Å². The Kier molecular flexibility index (Phi) is 7.33. The molecule has 1 aromatic carbocycles. The molecule has 8 heteroatoms. The number of aromatic amines is 1. The SMILES string of the molecule is CC[C@@H](C)C(=O)N[C@H](C(=O)N1CC[C@H](O)[C@H]1Cc1c[nH]c2cc(F)ccc12)[C@@H](C)OC. The summed E-state index contributed by atoms with van der Waals surface area (Å²) in [5.74, 6) is -1.00. The van der Waals surface area contributed by atoms with E-state index in [2.05, 4.69) is 10.3 Å². The monoisotopic (exact) mass is 433 g/mol. The number of methoxy groups -OCH3 is 1. The highest BCUT2D eigenvalue weighted by Crippen LogP contribution is 2.27. The van der Waals surface area contributed by atoms with E-state index in [1.807, 2.05) is 13.8 Å². The molecule has 1 aromatic heterocycles. The number of likely N-dealkylation sites (tertiary alicyclic amines) is 1. The number of ether oxygens (including phenoxy) is 1. The van der Waals surface area contributed by atoms with Crippen LogP contribution in [0.2, 0.25) is 0 Å². The molecule has 2 amide bonds. The molecule has 0 spiro atoms. The molecule has 0 bridgehead atoms. The number of halogens is 1. The quantitative estimate of drug-likeness (QED) is 0.596. The van der Waals surface area contributed by atoms with Crippen molar-refractivity contribution in [2.45, 2.75) is 64.3 Å². The van der Waals surface area contributed by atoms with Crippen LogP contribution in [-0.2, 0) is 20.7 Å². The van der Waals surface area contributed by atoms with Crippen molar-refractivity contribution in [3.63, 3.8) is 0 Å². The molecule has 0 aliphatic carbocycles. The Morgan fingerprint density at radius 1 is 1.39 bits per heavy atom. The number of carbonyl (C=O) groups is 2. The predicted octanol–water partition coefficient (Wildman–Crippen LogP) is 2.38. The number of nitrogens with zero attached hydrogens (tertiary/aromatic N) is 1. The van der Waals surface area contributed by atoms with Crippen molar-refractivity contribution in [1.29, 1.82) is 0 Å². The van der Waals surface area contributed by atoms with Gasteiger partial charge in [0.05, 0.1) is 18.2 Å². The average molecular weight is 434 g/mol. The molecule has 0 radical (unpaired) electrons. The number of fused-ring (bicyclic) bond motifs is 1. The summed E-state index contributed by atoms with van der Waals surface area (Å²) < 4.78 is 18.9. The molecule has 3 rings (SSSR count). The smallest absolute Gasteiger partial charge is 0.248 e. The zero-order valence-corrected chi connectivity index (χ0v) is 18.5. The summed E-state index contributed by atoms with van der Waals surface area (Å²) in [7, 11) is 1.50. The molecule has 1 fully saturated rings. The summed E-state index contributed by atoms with van der Waals surface area (Å²) in [6.45, 7) is 5.88. The maximum atomic E-state index is 13.5. The van der Waals surface area contributed by atoms with E-state index in [9.17, 15) is 19.1 Å². The van der Waals surface area contributed by atoms with Gasteiger partial charge in [-0.3, -0.25) is 9.59 Å². The molecule has 1 saturated heterocycles. The Balaban J connectivity index is 1.82. The maximum absolute atomic E-state index is 13.5. The molecule has 7 nitrogen and oxygen atoms in total. The van der Waals surface area contributed by atoms with Crippen molar-refractivity contribution in [2.24, 2.45) is 5.92 Å². The first-order valence-electron chi connectivity index (χ1n) is 10.8. The van der Waals surface area contributed by atoms with Crippen molar-refractivity contribution in [2.75, 3.05) is 13.7 Å². The highest BCUT2D eigenvalue weighted by molar-refractivity contribution is 5.89. The molecule has 0 unspecified atom stereocenters. The van der Waals surface area contributed by atoms with Gasteiger partial charge in [0.15, 0.2) is 0 Å². The third-order valence-electron chi connectivity index (χ3n) is 6.42. The Morgan fingerprint density at radius 2 is 2.13 bits per heavy atom. The largest absolute Gasteiger partial charge is 0.391 e. The Hall–Kier alpha value is -2.45. The maximum Gasteiger partial charge on any atom is 0.248 e. The predicted molar refractivity (Wildman–Crippen MR) is 116 cm³/mol. The summed E-state index contributed by atoms with van der Waals surface area (Å²) >= 11 is 0. The number of carbonyl (C=O) groups excluding carboxylic acids is 2. The Labute approximate surface area is 181 Å². The van der Waals surface area contributed by atoms with E-state index in [-0.39, 0.29) is 23.5 Å². The summed E-state index contributed by atoms with van der Waals surface area (Å²) in [5, 5.41) is 14.3. The van der Waals surface area contributed by atoms with Crippen molar-refractivity contribution in [1.82, 2.24) is 15.2 Å². The number of aliphatic hydroxyl groups is 1. The second-order valence-electron chi connectivity index (χ2n) is 8.40. The molecular weight excluding hydrogens is 401 g/mol. The standard InChI is InChI=1S/C23H32FN3O4/c1-5-13(2)22(29)26-21(14(3)31-4)23(30)27-9-8-20(28)19(27)10-15-12-25-18-11-16(24)6-7-17(15)18/h6-7,11-14,19-21,25,28H,5,8-10H2,1-4H3,(H,26,29)/t13-,14-,19-,20+,21+/m1/s1. The molecule has 2 heterocycles. The molecule has 31 heavy (non-hydrogen) atoms. The van der Waals surface area contributed by atoms with Gasteiger partial charge in [-0.05, 0) is 49.9 Å². The zero-order chi connectivity index (χ0) is 22.7. The van der Waals surface area contributed by atoms with Gasteiger partial charge in [-0.1, -0.05) is 13.8 Å². The van der Waals surface area contributed by atoms with E-state index in [0.29, 0.717) is 31.3 Å². The topological polar surface area (TPSA) is 94.7 Å². The van der Waals surface area contributed by atoms with Gasteiger partial charge in [-0.25, -0.2) is 4.39 Å². The van der Waals surface area contributed by atoms with E-state index in [0.717, 1.165) is 10.9 Å². The minimum Gasteiger partial charge on any atom is -0.391 e. The number of rotatable bonds is 8. The van der Waals surface area contributed by atoms with Crippen LogP contribution in [0.3, 0.4) is 0 Å². The van der Waals surface area contributed by atoms with Gasteiger partial charge in [0, 0.05) is 36.7 Å². The van der Waals surface area contributed by atoms with Gasteiger partial charge in [0.2, 0.25) is 11.8 Å². The number of amides is 2. The van der Waals surface area contributed by atoms with Crippen molar-refractivity contribution >= 4 is 22.7 Å². The van der Waals surface area contributed by atoms with Crippen LogP contribution < -0.4 is 5.32 Å². The van der Waals surface area contributed by atoms with Crippen LogP contribution in [-0.4, -0.2) is 64.8 Å². The molecular formula is C23H32FN3O4. The number of H-pyrrole nitrogens is 1.